The summed E-state index contributed by atoms with van der Waals surface area (Å²) in [5.74, 6) is 0. The number of allylic oxidation sites excluding steroid dienone is 4. The molecule has 1 rings (SSSR count). The van der Waals surface area contributed by atoms with Gasteiger partial charge in [0.25, 0.3) is 0 Å². The van der Waals surface area contributed by atoms with Gasteiger partial charge in [-0.2, -0.15) is 0 Å². The van der Waals surface area contributed by atoms with Gasteiger partial charge in [-0.15, -0.1) is 10.2 Å². The van der Waals surface area contributed by atoms with E-state index < -0.39 is 10.2 Å². The van der Waals surface area contributed by atoms with Gasteiger partial charge in [-0.3, -0.25) is 0 Å². The minimum Gasteiger partial charge on any atom is -0.222 e. The van der Waals surface area contributed by atoms with Crippen LogP contribution in [0.5, 0.6) is 0 Å². The summed E-state index contributed by atoms with van der Waals surface area (Å²) in [4.78, 5) is 0. The predicted molar refractivity (Wildman–Crippen MR) is 36.7 cm³/mol. The molecule has 84 valence electrons. The Bertz CT molecular complexity index is 145. The van der Waals surface area contributed by atoms with Gasteiger partial charge in [0, 0.05) is 0 Å². The SMILES string of the molecule is C1=C\CC/C=C\CC/1.[O-][Cl+3]([O-])([O-])[O-].[Rh+]. The van der Waals surface area contributed by atoms with Gasteiger partial charge in [-0.25, -0.2) is 18.6 Å². The largest absolute Gasteiger partial charge is 1.00 e. The Morgan fingerprint density at radius 2 is 0.786 bits per heavy atom. The van der Waals surface area contributed by atoms with Gasteiger partial charge in [0.1, 0.15) is 0 Å². The molecule has 0 heterocycles. The molecule has 0 atom stereocenters. The molecule has 0 saturated heterocycles. The van der Waals surface area contributed by atoms with Crippen LogP contribution < -0.4 is 18.6 Å². The van der Waals surface area contributed by atoms with E-state index in [2.05, 4.69) is 24.3 Å². The molecule has 0 aromatic carbocycles. The molecule has 0 aromatic heterocycles. The first kappa shape index (κ1) is 16.7. The predicted octanol–water partition coefficient (Wildman–Crippen LogP) is -2.09. The molecule has 0 spiro atoms. The molecular formula is C8H12ClO4Rh. The van der Waals surface area contributed by atoms with Gasteiger partial charge in [-0.05, 0) is 25.7 Å². The number of rotatable bonds is 0. The van der Waals surface area contributed by atoms with Crippen LogP contribution in [0.4, 0.5) is 0 Å². The Balaban J connectivity index is 0. The summed E-state index contributed by atoms with van der Waals surface area (Å²) in [6.45, 7) is 0. The standard InChI is InChI=1S/C8H12.ClHO4.Rh/c1-2-4-6-8-7-5-3-1;2-1(3,4)5;/h1-2,7-8H,3-6H2;(H,2,3,4,5);/q;;+1/p-1/b2-1-,8-7-;;. The first-order valence-corrected chi connectivity index (χ1v) is 5.15. The van der Waals surface area contributed by atoms with Crippen molar-refractivity contribution in [1.29, 1.82) is 0 Å². The molecule has 0 radical (unpaired) electrons. The third kappa shape index (κ3) is 22.8. The van der Waals surface area contributed by atoms with Gasteiger partial charge in [0.15, 0.2) is 0 Å². The van der Waals surface area contributed by atoms with E-state index in [0.29, 0.717) is 0 Å². The molecule has 6 heteroatoms. The van der Waals surface area contributed by atoms with Gasteiger partial charge in [0.2, 0.25) is 0 Å². The van der Waals surface area contributed by atoms with Crippen LogP contribution in [0, 0.1) is 10.2 Å². The summed E-state index contributed by atoms with van der Waals surface area (Å²) >= 11 is 0. The van der Waals surface area contributed by atoms with Gasteiger partial charge in [-0.1, -0.05) is 24.3 Å². The average Bonchev–Trinajstić information content (AvgIpc) is 1.79. The summed E-state index contributed by atoms with van der Waals surface area (Å²) < 4.78 is 34.0. The van der Waals surface area contributed by atoms with Crippen molar-refractivity contribution in [3.63, 3.8) is 0 Å². The Labute approximate surface area is 98.4 Å². The van der Waals surface area contributed by atoms with E-state index in [-0.39, 0.29) is 19.5 Å². The van der Waals surface area contributed by atoms with Crippen molar-refractivity contribution in [1.82, 2.24) is 0 Å². The van der Waals surface area contributed by atoms with Crippen LogP contribution in [-0.2, 0) is 19.5 Å². The Morgan fingerprint density at radius 3 is 0.929 bits per heavy atom. The second kappa shape index (κ2) is 9.78. The second-order valence-corrected chi connectivity index (χ2v) is 3.23. The molecule has 0 amide bonds. The van der Waals surface area contributed by atoms with E-state index in [1.54, 1.807) is 0 Å². The maximum Gasteiger partial charge on any atom is 1.00 e. The Hall–Kier alpha value is 0.233. The van der Waals surface area contributed by atoms with Crippen molar-refractivity contribution >= 4 is 0 Å². The monoisotopic (exact) mass is 310 g/mol. The van der Waals surface area contributed by atoms with Crippen molar-refractivity contribution in [3.8, 4) is 0 Å². The fourth-order valence-corrected chi connectivity index (χ4v) is 0.856. The van der Waals surface area contributed by atoms with Crippen molar-refractivity contribution < 1.29 is 48.4 Å². The normalized spacial score (nSPS) is 20.3. The summed E-state index contributed by atoms with van der Waals surface area (Å²) in [6, 6.07) is 0. The van der Waals surface area contributed by atoms with E-state index in [1.807, 2.05) is 0 Å². The van der Waals surface area contributed by atoms with Gasteiger partial charge < -0.3 is 0 Å². The van der Waals surface area contributed by atoms with Crippen LogP contribution in [0.2, 0.25) is 0 Å². The van der Waals surface area contributed by atoms with Crippen LogP contribution in [0.3, 0.4) is 0 Å². The molecule has 4 nitrogen and oxygen atoms in total. The minimum atomic E-state index is -4.94. The third-order valence-corrected chi connectivity index (χ3v) is 1.33. The fraction of sp³-hybridized carbons (Fsp3) is 0.500. The number of hydrogen-bond donors (Lipinski definition) is 0. The van der Waals surface area contributed by atoms with E-state index in [4.69, 9.17) is 18.6 Å². The molecule has 0 bridgehead atoms. The van der Waals surface area contributed by atoms with Gasteiger partial charge in [0.05, 0.1) is 0 Å². The zero-order valence-corrected chi connectivity index (χ0v) is 9.88. The second-order valence-electron chi connectivity index (χ2n) is 2.48. The smallest absolute Gasteiger partial charge is 0.222 e. The molecule has 0 aromatic rings. The third-order valence-electron chi connectivity index (χ3n) is 1.33. The Morgan fingerprint density at radius 1 is 0.643 bits per heavy atom. The van der Waals surface area contributed by atoms with E-state index in [0.717, 1.165) is 0 Å². The van der Waals surface area contributed by atoms with Crippen LogP contribution in [0.25, 0.3) is 0 Å². The molecule has 14 heavy (non-hydrogen) atoms. The van der Waals surface area contributed by atoms with Crippen LogP contribution >= 0.6 is 0 Å². The topological polar surface area (TPSA) is 92.2 Å². The first-order chi connectivity index (χ1) is 6.00. The fourth-order valence-electron chi connectivity index (χ4n) is 0.856. The maximum atomic E-state index is 8.49. The molecule has 0 fully saturated rings. The quantitative estimate of drug-likeness (QED) is 0.379. The van der Waals surface area contributed by atoms with Crippen LogP contribution in [0.15, 0.2) is 24.3 Å². The van der Waals surface area contributed by atoms with Crippen molar-refractivity contribution in [2.45, 2.75) is 25.7 Å². The van der Waals surface area contributed by atoms with Crippen molar-refractivity contribution in [3.05, 3.63) is 24.3 Å². The molecule has 0 aliphatic heterocycles. The average molecular weight is 311 g/mol. The molecule has 0 unspecified atom stereocenters. The zero-order valence-electron chi connectivity index (χ0n) is 7.48. The Kier molecular flexibility index (Phi) is 11.6. The summed E-state index contributed by atoms with van der Waals surface area (Å²) in [5.41, 5.74) is 0. The number of hydrogen-bond acceptors (Lipinski definition) is 4. The summed E-state index contributed by atoms with van der Waals surface area (Å²) in [7, 11) is -4.94. The summed E-state index contributed by atoms with van der Waals surface area (Å²) in [5, 5.41) is 0. The molecular weight excluding hydrogens is 298 g/mol. The van der Waals surface area contributed by atoms with E-state index >= 15 is 0 Å². The van der Waals surface area contributed by atoms with Crippen molar-refractivity contribution in [2.24, 2.45) is 0 Å². The van der Waals surface area contributed by atoms with E-state index in [9.17, 15) is 0 Å². The van der Waals surface area contributed by atoms with Crippen LogP contribution in [0.1, 0.15) is 25.7 Å². The first-order valence-electron chi connectivity index (χ1n) is 3.92. The maximum absolute atomic E-state index is 8.49. The molecule has 1 aliphatic rings. The molecule has 0 N–H and O–H groups in total. The van der Waals surface area contributed by atoms with Crippen molar-refractivity contribution in [2.75, 3.05) is 0 Å². The van der Waals surface area contributed by atoms with E-state index in [1.165, 1.54) is 25.7 Å². The van der Waals surface area contributed by atoms with Gasteiger partial charge >= 0.3 is 19.5 Å². The molecule has 1 aliphatic carbocycles. The van der Waals surface area contributed by atoms with Crippen LogP contribution in [-0.4, -0.2) is 0 Å². The zero-order chi connectivity index (χ0) is 10.2. The molecule has 0 saturated carbocycles. The summed E-state index contributed by atoms with van der Waals surface area (Å²) in [6.07, 6.45) is 14.0. The minimum absolute atomic E-state index is 0. The number of halogens is 1.